The van der Waals surface area contributed by atoms with Crippen molar-refractivity contribution in [1.29, 1.82) is 0 Å². The quantitative estimate of drug-likeness (QED) is 0.0583. The van der Waals surface area contributed by atoms with Gasteiger partial charge < -0.3 is 62.4 Å². The SMILES string of the molecule is CCn1c2ccccc2c2cc(NC(=O)[C@H](CCCCN)NC(=O)[C@H](CC(C)C)NC(=O)CNC(=O)[C@@H](NC(=O)C(O)C(O)C(O)C(O)CO)C(C)C)ccc21. The van der Waals surface area contributed by atoms with Crippen molar-refractivity contribution in [2.75, 3.05) is 25.0 Å². The summed E-state index contributed by atoms with van der Waals surface area (Å²) in [6, 6.07) is 10.4. The van der Waals surface area contributed by atoms with E-state index in [1.807, 2.05) is 56.3 Å². The summed E-state index contributed by atoms with van der Waals surface area (Å²) < 4.78 is 2.20. The van der Waals surface area contributed by atoms with Crippen molar-refractivity contribution >= 4 is 57.0 Å². The van der Waals surface area contributed by atoms with Gasteiger partial charge in [-0.2, -0.15) is 0 Å². The maximum atomic E-state index is 13.7. The minimum atomic E-state index is -2.27. The first-order valence-corrected chi connectivity index (χ1v) is 19.1. The van der Waals surface area contributed by atoms with E-state index >= 15 is 0 Å². The third-order valence-electron chi connectivity index (χ3n) is 9.49. The number of unbranched alkanes of at least 4 members (excludes halogenated alkanes) is 1. The van der Waals surface area contributed by atoms with Gasteiger partial charge in [0, 0.05) is 34.0 Å². The molecule has 17 heteroatoms. The minimum absolute atomic E-state index is 0.0542. The van der Waals surface area contributed by atoms with Crippen LogP contribution >= 0.6 is 0 Å². The minimum Gasteiger partial charge on any atom is -0.394 e. The second-order valence-electron chi connectivity index (χ2n) is 14.7. The topological polar surface area (TPSA) is 278 Å². The molecule has 310 valence electrons. The van der Waals surface area contributed by atoms with E-state index in [1.165, 1.54) is 0 Å². The number of hydrogen-bond acceptors (Lipinski definition) is 11. The predicted octanol–water partition coefficient (Wildman–Crippen LogP) is -0.409. The van der Waals surface area contributed by atoms with Gasteiger partial charge in [0.2, 0.25) is 23.6 Å². The molecule has 0 aliphatic carbocycles. The van der Waals surface area contributed by atoms with E-state index in [-0.39, 0.29) is 12.3 Å². The van der Waals surface area contributed by atoms with E-state index in [0.717, 1.165) is 28.4 Å². The predicted molar refractivity (Wildman–Crippen MR) is 211 cm³/mol. The summed E-state index contributed by atoms with van der Waals surface area (Å²) >= 11 is 0. The van der Waals surface area contributed by atoms with Crippen LogP contribution in [0.25, 0.3) is 21.8 Å². The van der Waals surface area contributed by atoms with E-state index in [0.29, 0.717) is 31.5 Å². The van der Waals surface area contributed by atoms with Crippen LogP contribution in [0.1, 0.15) is 60.3 Å². The van der Waals surface area contributed by atoms with Gasteiger partial charge in [-0.15, -0.1) is 0 Å². The number of nitrogens with zero attached hydrogens (tertiary/aromatic N) is 1. The van der Waals surface area contributed by atoms with E-state index < -0.39 is 91.1 Å². The van der Waals surface area contributed by atoms with Gasteiger partial charge in [-0.1, -0.05) is 45.9 Å². The second kappa shape index (κ2) is 21.6. The van der Waals surface area contributed by atoms with E-state index in [2.05, 4.69) is 38.1 Å². The van der Waals surface area contributed by atoms with Gasteiger partial charge >= 0.3 is 0 Å². The Balaban J connectivity index is 1.69. The van der Waals surface area contributed by atoms with Crippen LogP contribution in [-0.4, -0.2) is 122 Å². The number of benzene rings is 2. The van der Waals surface area contributed by atoms with Gasteiger partial charge in [0.25, 0.3) is 5.91 Å². The van der Waals surface area contributed by atoms with Gasteiger partial charge in [-0.3, -0.25) is 24.0 Å². The van der Waals surface area contributed by atoms with Crippen LogP contribution in [0.5, 0.6) is 0 Å². The highest BCUT2D eigenvalue weighted by atomic mass is 16.4. The standard InChI is InChI=1S/C39H59N7O10/c1-6-46-28-13-8-7-11-24(28)25-18-23(14-15-29(25)46)42-36(53)26(12-9-10-16-40)44-37(54)27(17-21(2)3)43-31(49)19-41-38(55)32(22(4)5)45-39(56)35(52)34(51)33(50)30(48)20-47/h7-8,11,13-15,18,21-22,26-27,30,32-35,47-48,50-52H,6,9-10,12,16-17,19-20,40H2,1-5H3,(H,41,55)(H,42,53)(H,43,49)(H,44,54)(H,45,56)/t26-,27-,30?,32-,33?,34?,35?/m0/s1. The molecule has 4 unspecified atom stereocenters. The van der Waals surface area contributed by atoms with Crippen molar-refractivity contribution in [2.24, 2.45) is 17.6 Å². The van der Waals surface area contributed by atoms with Gasteiger partial charge in [-0.25, -0.2) is 0 Å². The van der Waals surface area contributed by atoms with Crippen molar-refractivity contribution in [2.45, 2.75) is 109 Å². The molecule has 0 aliphatic rings. The molecular formula is C39H59N7O10. The van der Waals surface area contributed by atoms with E-state index in [4.69, 9.17) is 10.8 Å². The molecule has 12 N–H and O–H groups in total. The smallest absolute Gasteiger partial charge is 0.252 e. The number of aliphatic hydroxyl groups excluding tert-OH is 5. The number of carbonyl (C=O) groups excluding carboxylic acids is 5. The molecule has 5 amide bonds. The maximum absolute atomic E-state index is 13.7. The summed E-state index contributed by atoms with van der Waals surface area (Å²) in [5, 5.41) is 63.6. The zero-order valence-corrected chi connectivity index (χ0v) is 32.7. The largest absolute Gasteiger partial charge is 0.394 e. The fraction of sp³-hybridized carbons (Fsp3) is 0.564. The third-order valence-corrected chi connectivity index (χ3v) is 9.49. The van der Waals surface area contributed by atoms with Gasteiger partial charge in [0.15, 0.2) is 6.10 Å². The molecule has 0 aliphatic heterocycles. The molecule has 0 saturated carbocycles. The molecule has 0 saturated heterocycles. The number of aromatic nitrogens is 1. The molecule has 3 aromatic rings. The third kappa shape index (κ3) is 12.2. The Hall–Kier alpha value is -4.65. The van der Waals surface area contributed by atoms with E-state index in [1.54, 1.807) is 13.8 Å². The molecule has 7 atom stereocenters. The van der Waals surface area contributed by atoms with Gasteiger partial charge in [-0.05, 0) is 75.3 Å². The van der Waals surface area contributed by atoms with Crippen molar-refractivity contribution in [3.8, 4) is 0 Å². The number of anilines is 1. The van der Waals surface area contributed by atoms with E-state index in [9.17, 15) is 44.4 Å². The van der Waals surface area contributed by atoms with Crippen LogP contribution in [-0.2, 0) is 30.5 Å². The van der Waals surface area contributed by atoms with Crippen LogP contribution in [0.3, 0.4) is 0 Å². The maximum Gasteiger partial charge on any atom is 0.252 e. The van der Waals surface area contributed by atoms with Crippen molar-refractivity contribution in [1.82, 2.24) is 25.8 Å². The Labute approximate surface area is 326 Å². The number of aryl methyl sites for hydroxylation is 1. The molecule has 3 rings (SSSR count). The Morgan fingerprint density at radius 3 is 2.07 bits per heavy atom. The highest BCUT2D eigenvalue weighted by Crippen LogP contribution is 2.31. The lowest BCUT2D eigenvalue weighted by molar-refractivity contribution is -0.151. The number of hydrogen-bond donors (Lipinski definition) is 11. The highest BCUT2D eigenvalue weighted by molar-refractivity contribution is 6.10. The van der Waals surface area contributed by atoms with Crippen LogP contribution < -0.4 is 32.3 Å². The molecule has 1 heterocycles. The average Bonchev–Trinajstić information content (AvgIpc) is 3.49. The number of para-hydroxylation sites is 1. The molecule has 56 heavy (non-hydrogen) atoms. The van der Waals surface area contributed by atoms with Crippen molar-refractivity contribution in [3.63, 3.8) is 0 Å². The van der Waals surface area contributed by atoms with Crippen LogP contribution in [0.4, 0.5) is 5.69 Å². The highest BCUT2D eigenvalue weighted by Gasteiger charge is 2.36. The second-order valence-corrected chi connectivity index (χ2v) is 14.7. The lowest BCUT2D eigenvalue weighted by Crippen LogP contribution is -2.58. The zero-order valence-electron chi connectivity index (χ0n) is 32.7. The molecular weight excluding hydrogens is 726 g/mol. The first-order valence-electron chi connectivity index (χ1n) is 19.1. The zero-order chi connectivity index (χ0) is 41.7. The van der Waals surface area contributed by atoms with Crippen molar-refractivity contribution in [3.05, 3.63) is 42.5 Å². The number of carbonyl (C=O) groups is 5. The number of rotatable bonds is 22. The fourth-order valence-electron chi connectivity index (χ4n) is 6.41. The summed E-state index contributed by atoms with van der Waals surface area (Å²) in [7, 11) is 0. The number of nitrogens with two attached hydrogens (primary N) is 1. The summed E-state index contributed by atoms with van der Waals surface area (Å²) in [6.45, 7) is 8.56. The van der Waals surface area contributed by atoms with Crippen molar-refractivity contribution < 1.29 is 49.5 Å². The Kier molecular flexibility index (Phi) is 17.6. The number of amides is 5. The molecule has 17 nitrogen and oxygen atoms in total. The fourth-order valence-corrected chi connectivity index (χ4v) is 6.41. The van der Waals surface area contributed by atoms with Gasteiger partial charge in [0.1, 0.15) is 36.4 Å². The molecule has 2 aromatic carbocycles. The van der Waals surface area contributed by atoms with Crippen LogP contribution in [0.15, 0.2) is 42.5 Å². The van der Waals surface area contributed by atoms with Gasteiger partial charge in [0.05, 0.1) is 13.2 Å². The molecule has 0 spiro atoms. The first kappa shape index (κ1) is 45.7. The number of nitrogens with one attached hydrogen (secondary N) is 5. The number of fused-ring (bicyclic) bond motifs is 3. The summed E-state index contributed by atoms with van der Waals surface area (Å²) in [5.74, 6) is -4.45. The first-order chi connectivity index (χ1) is 26.5. The monoisotopic (exact) mass is 785 g/mol. The average molecular weight is 786 g/mol. The molecule has 0 fully saturated rings. The van der Waals surface area contributed by atoms with Crippen LogP contribution in [0, 0.1) is 11.8 Å². The normalized spacial score (nSPS) is 15.4. The Bertz CT molecular complexity index is 1800. The Morgan fingerprint density at radius 1 is 0.768 bits per heavy atom. The Morgan fingerprint density at radius 2 is 1.45 bits per heavy atom. The molecule has 1 aromatic heterocycles. The summed E-state index contributed by atoms with van der Waals surface area (Å²) in [6.07, 6.45) is -6.66. The number of aliphatic hydroxyl groups is 5. The molecule has 0 bridgehead atoms. The van der Waals surface area contributed by atoms with Crippen LogP contribution in [0.2, 0.25) is 0 Å². The summed E-state index contributed by atoms with van der Waals surface area (Å²) in [5.41, 5.74) is 8.37. The molecule has 0 radical (unpaired) electrons. The lowest BCUT2D eigenvalue weighted by Gasteiger charge is -2.27. The lowest BCUT2D eigenvalue weighted by atomic mass is 10.00. The summed E-state index contributed by atoms with van der Waals surface area (Å²) in [4.78, 5) is 66.1.